The van der Waals surface area contributed by atoms with Gasteiger partial charge in [-0.15, -0.1) is 0 Å². The van der Waals surface area contributed by atoms with Crippen LogP contribution >= 0.6 is 7.82 Å². The van der Waals surface area contributed by atoms with Crippen LogP contribution in [0.25, 0.3) is 0 Å². The lowest BCUT2D eigenvalue weighted by Gasteiger charge is -2.17. The van der Waals surface area contributed by atoms with Crippen molar-refractivity contribution in [1.82, 2.24) is 0 Å². The van der Waals surface area contributed by atoms with E-state index in [2.05, 4.69) is 0 Å². The average Bonchev–Trinajstić information content (AvgIpc) is 2.45. The molecule has 0 aromatic heterocycles. The fourth-order valence-electron chi connectivity index (χ4n) is 1.55. The van der Waals surface area contributed by atoms with E-state index in [1.165, 1.54) is 0 Å². The monoisotopic (exact) mass is 304 g/mol. The maximum atomic E-state index is 12.2. The normalized spacial score (nSPS) is 11.4. The Morgan fingerprint density at radius 3 is 2.15 bits per heavy atom. The van der Waals surface area contributed by atoms with Gasteiger partial charge in [0.1, 0.15) is 11.5 Å². The Morgan fingerprint density at radius 1 is 1.00 bits per heavy atom. The third-order valence-corrected chi connectivity index (χ3v) is 4.04. The Balaban J connectivity index is 2.79. The van der Waals surface area contributed by atoms with E-state index in [4.69, 9.17) is 23.0 Å². The minimum Gasteiger partial charge on any atom is -0.497 e. The van der Waals surface area contributed by atoms with Crippen LogP contribution in [0.3, 0.4) is 0 Å². The zero-order valence-electron chi connectivity index (χ0n) is 12.3. The number of rotatable bonds is 9. The molecule has 0 amide bonds. The highest BCUT2D eigenvalue weighted by Crippen LogP contribution is 2.50. The van der Waals surface area contributed by atoms with Crippen molar-refractivity contribution in [2.24, 2.45) is 0 Å². The first kappa shape index (κ1) is 17.0. The van der Waals surface area contributed by atoms with Gasteiger partial charge in [0.2, 0.25) is 0 Å². The van der Waals surface area contributed by atoms with Gasteiger partial charge in [-0.25, -0.2) is 4.57 Å². The Labute approximate surface area is 119 Å². The number of phosphoric acid groups is 1. The third kappa shape index (κ3) is 4.80. The summed E-state index contributed by atoms with van der Waals surface area (Å²) >= 11 is 0. The van der Waals surface area contributed by atoms with E-state index in [1.807, 2.05) is 0 Å². The largest absolute Gasteiger partial charge is 0.497 e. The minimum absolute atomic E-state index is 0.0600. The molecule has 0 bridgehead atoms. The maximum absolute atomic E-state index is 12.2. The van der Waals surface area contributed by atoms with Crippen LogP contribution < -0.4 is 9.47 Å². The van der Waals surface area contributed by atoms with Crippen molar-refractivity contribution in [3.63, 3.8) is 0 Å². The number of methoxy groups -OCH3 is 2. The second-order valence-corrected chi connectivity index (χ2v) is 5.40. The molecule has 0 aliphatic carbocycles. The van der Waals surface area contributed by atoms with Crippen molar-refractivity contribution in [2.45, 2.75) is 20.5 Å². The summed E-state index contributed by atoms with van der Waals surface area (Å²) in [5.41, 5.74) is 0.730. The Kier molecular flexibility index (Phi) is 7.02. The highest BCUT2D eigenvalue weighted by molar-refractivity contribution is 7.48. The number of phosphoric ester groups is 1. The summed E-state index contributed by atoms with van der Waals surface area (Å²) in [5, 5.41) is 0. The van der Waals surface area contributed by atoms with E-state index in [0.717, 1.165) is 5.56 Å². The summed E-state index contributed by atoms with van der Waals surface area (Å²) in [5.74, 6) is 1.26. The van der Waals surface area contributed by atoms with Gasteiger partial charge in [-0.1, -0.05) is 0 Å². The van der Waals surface area contributed by atoms with Crippen LogP contribution in [0.2, 0.25) is 0 Å². The molecular weight excluding hydrogens is 283 g/mol. The molecule has 0 radical (unpaired) electrons. The SMILES string of the molecule is CCOP(=O)(OCC)OCc1ccc(OC)cc1OC. The molecule has 20 heavy (non-hydrogen) atoms. The highest BCUT2D eigenvalue weighted by atomic mass is 31.2. The van der Waals surface area contributed by atoms with E-state index in [-0.39, 0.29) is 19.8 Å². The fraction of sp³-hybridized carbons (Fsp3) is 0.538. The van der Waals surface area contributed by atoms with Gasteiger partial charge in [-0.2, -0.15) is 0 Å². The van der Waals surface area contributed by atoms with Crippen molar-refractivity contribution in [2.75, 3.05) is 27.4 Å². The van der Waals surface area contributed by atoms with Gasteiger partial charge in [0, 0.05) is 11.6 Å². The lowest BCUT2D eigenvalue weighted by Crippen LogP contribution is -2.02. The molecule has 6 nitrogen and oxygen atoms in total. The Morgan fingerprint density at radius 2 is 1.65 bits per heavy atom. The van der Waals surface area contributed by atoms with Crippen molar-refractivity contribution < 1.29 is 27.6 Å². The first-order valence-electron chi connectivity index (χ1n) is 6.33. The van der Waals surface area contributed by atoms with Crippen LogP contribution in [0.1, 0.15) is 19.4 Å². The van der Waals surface area contributed by atoms with Gasteiger partial charge in [0.25, 0.3) is 0 Å². The molecule has 0 unspecified atom stereocenters. The maximum Gasteiger partial charge on any atom is 0.475 e. The summed E-state index contributed by atoms with van der Waals surface area (Å²) in [6.07, 6.45) is 0. The van der Waals surface area contributed by atoms with Crippen LogP contribution in [0.15, 0.2) is 18.2 Å². The molecule has 0 saturated heterocycles. The van der Waals surface area contributed by atoms with Crippen LogP contribution in [0.5, 0.6) is 11.5 Å². The van der Waals surface area contributed by atoms with E-state index in [0.29, 0.717) is 11.5 Å². The number of benzene rings is 1. The number of hydrogen-bond acceptors (Lipinski definition) is 6. The van der Waals surface area contributed by atoms with Gasteiger partial charge in [0.15, 0.2) is 0 Å². The van der Waals surface area contributed by atoms with Crippen molar-refractivity contribution in [3.8, 4) is 11.5 Å². The van der Waals surface area contributed by atoms with E-state index in [9.17, 15) is 4.57 Å². The highest BCUT2D eigenvalue weighted by Gasteiger charge is 2.25. The zero-order valence-corrected chi connectivity index (χ0v) is 13.1. The molecule has 114 valence electrons. The zero-order chi connectivity index (χ0) is 15.0. The molecule has 0 fully saturated rings. The molecule has 0 atom stereocenters. The minimum atomic E-state index is -3.52. The standard InChI is InChI=1S/C13H21O6P/c1-5-17-20(14,18-6-2)19-10-11-7-8-12(15-3)9-13(11)16-4/h7-9H,5-6,10H2,1-4H3. The third-order valence-electron chi connectivity index (χ3n) is 2.45. The molecule has 0 saturated carbocycles. The van der Waals surface area contributed by atoms with Crippen LogP contribution in [-0.2, 0) is 24.7 Å². The number of ether oxygens (including phenoxy) is 2. The van der Waals surface area contributed by atoms with Crippen molar-refractivity contribution in [3.05, 3.63) is 23.8 Å². The number of hydrogen-bond donors (Lipinski definition) is 0. The molecule has 0 spiro atoms. The topological polar surface area (TPSA) is 63.2 Å². The van der Waals surface area contributed by atoms with Gasteiger partial charge in [-0.05, 0) is 26.0 Å². The van der Waals surface area contributed by atoms with E-state index < -0.39 is 7.82 Å². The molecule has 1 aromatic rings. The molecule has 1 aromatic carbocycles. The van der Waals surface area contributed by atoms with Crippen molar-refractivity contribution >= 4 is 7.82 Å². The molecular formula is C13H21O6P. The summed E-state index contributed by atoms with van der Waals surface area (Å²) in [4.78, 5) is 0. The first-order chi connectivity index (χ1) is 9.58. The van der Waals surface area contributed by atoms with E-state index >= 15 is 0 Å². The van der Waals surface area contributed by atoms with Crippen molar-refractivity contribution in [1.29, 1.82) is 0 Å². The predicted molar refractivity (Wildman–Crippen MR) is 75.2 cm³/mol. The lowest BCUT2D eigenvalue weighted by molar-refractivity contribution is 0.115. The lowest BCUT2D eigenvalue weighted by atomic mass is 10.2. The summed E-state index contributed by atoms with van der Waals surface area (Å²) in [7, 11) is -0.403. The predicted octanol–water partition coefficient (Wildman–Crippen LogP) is 3.40. The van der Waals surface area contributed by atoms with Gasteiger partial charge < -0.3 is 9.47 Å². The van der Waals surface area contributed by atoms with Gasteiger partial charge in [-0.3, -0.25) is 13.6 Å². The molecule has 7 heteroatoms. The first-order valence-corrected chi connectivity index (χ1v) is 7.79. The van der Waals surface area contributed by atoms with E-state index in [1.54, 1.807) is 46.3 Å². The van der Waals surface area contributed by atoms with Crippen LogP contribution in [0, 0.1) is 0 Å². The Hall–Kier alpha value is -1.07. The van der Waals surface area contributed by atoms with Crippen LogP contribution in [-0.4, -0.2) is 27.4 Å². The molecule has 0 heterocycles. The summed E-state index contributed by atoms with van der Waals surface area (Å²) in [6, 6.07) is 5.28. The molecule has 0 aliphatic rings. The molecule has 0 N–H and O–H groups in total. The quantitative estimate of drug-likeness (QED) is 0.652. The summed E-state index contributed by atoms with van der Waals surface area (Å²) < 4.78 is 37.9. The fourth-order valence-corrected chi connectivity index (χ4v) is 2.70. The van der Waals surface area contributed by atoms with Gasteiger partial charge >= 0.3 is 7.82 Å². The van der Waals surface area contributed by atoms with Gasteiger partial charge in [0.05, 0.1) is 34.0 Å². The smallest absolute Gasteiger partial charge is 0.475 e. The average molecular weight is 304 g/mol. The summed E-state index contributed by atoms with van der Waals surface area (Å²) in [6.45, 7) is 4.00. The van der Waals surface area contributed by atoms with Crippen LogP contribution in [0.4, 0.5) is 0 Å². The molecule has 1 rings (SSSR count). The second-order valence-electron chi connectivity index (χ2n) is 3.73. The second kappa shape index (κ2) is 8.27. The molecule has 0 aliphatic heterocycles. The Bertz CT molecular complexity index is 452.